The molecule has 0 aliphatic carbocycles. The molecule has 2 fully saturated rings. The van der Waals surface area contributed by atoms with E-state index in [1.165, 1.54) is 16.7 Å². The molecule has 0 radical (unpaired) electrons. The van der Waals surface area contributed by atoms with E-state index in [1.807, 2.05) is 0 Å². The summed E-state index contributed by atoms with van der Waals surface area (Å²) in [4.78, 5) is 78.8. The quantitative estimate of drug-likeness (QED) is 0.451. The van der Waals surface area contributed by atoms with E-state index in [0.717, 1.165) is 9.80 Å². The Morgan fingerprint density at radius 1 is 0.975 bits per heavy atom. The number of anilines is 1. The number of thioether (sulfide) groups is 1. The van der Waals surface area contributed by atoms with Gasteiger partial charge >= 0.3 is 18.0 Å². The predicted molar refractivity (Wildman–Crippen MR) is 144 cm³/mol. The lowest BCUT2D eigenvalue weighted by Crippen LogP contribution is -2.70. The number of carbonyl (C=O) groups is 6. The smallest absolute Gasteiger partial charge is 0.352 e. The Morgan fingerprint density at radius 2 is 1.65 bits per heavy atom. The number of carbonyl (C=O) groups excluding carboxylic acids is 5. The number of hydrogen-bond donors (Lipinski definition) is 3. The molecule has 206 valence electrons. The number of aliphatic carboxylic acids is 1. The van der Waals surface area contributed by atoms with Crippen molar-refractivity contribution < 1.29 is 33.9 Å². The molecule has 7 amide bonds. The van der Waals surface area contributed by atoms with E-state index < -0.39 is 47.2 Å². The number of nitrogens with one attached hydrogen (secondary N) is 2. The van der Waals surface area contributed by atoms with E-state index in [-0.39, 0.29) is 25.2 Å². The van der Waals surface area contributed by atoms with Crippen LogP contribution in [-0.4, -0.2) is 85.8 Å². The number of carboxylic acid groups (broad SMARTS) is 1. The largest absolute Gasteiger partial charge is 0.477 e. The summed E-state index contributed by atoms with van der Waals surface area (Å²) >= 11 is 1.38. The van der Waals surface area contributed by atoms with Gasteiger partial charge in [-0.3, -0.25) is 24.2 Å². The molecule has 12 nitrogen and oxygen atoms in total. The summed E-state index contributed by atoms with van der Waals surface area (Å²) in [5, 5.41) is 14.3. The van der Waals surface area contributed by atoms with Gasteiger partial charge < -0.3 is 15.7 Å². The van der Waals surface area contributed by atoms with Crippen LogP contribution in [0.25, 0.3) is 0 Å². The Kier molecular flexibility index (Phi) is 7.30. The number of hydrogen-bond acceptors (Lipinski definition) is 7. The van der Waals surface area contributed by atoms with Gasteiger partial charge in [0, 0.05) is 23.5 Å². The Labute approximate surface area is 233 Å². The van der Waals surface area contributed by atoms with Gasteiger partial charge in [0.2, 0.25) is 5.91 Å². The van der Waals surface area contributed by atoms with Gasteiger partial charge in [-0.15, -0.1) is 11.8 Å². The monoisotopic (exact) mass is 563 g/mol. The number of imide groups is 2. The van der Waals surface area contributed by atoms with Crippen LogP contribution in [0.3, 0.4) is 0 Å². The van der Waals surface area contributed by atoms with Crippen LogP contribution >= 0.6 is 11.8 Å². The lowest BCUT2D eigenvalue weighted by Gasteiger charge is -2.49. The number of urea groups is 2. The molecule has 3 N–H and O–H groups in total. The molecule has 0 bridgehead atoms. The number of carboxylic acids is 1. The molecule has 3 aliphatic rings. The van der Waals surface area contributed by atoms with Crippen LogP contribution in [0.1, 0.15) is 22.8 Å². The molecule has 3 heterocycles. The molecule has 2 aromatic carbocycles. The third kappa shape index (κ3) is 4.91. The zero-order valence-electron chi connectivity index (χ0n) is 21.3. The molecule has 40 heavy (non-hydrogen) atoms. The average Bonchev–Trinajstić information content (AvgIpc) is 3.33. The molecule has 13 heteroatoms. The summed E-state index contributed by atoms with van der Waals surface area (Å²) in [6, 6.07) is 12.5. The van der Waals surface area contributed by atoms with E-state index in [2.05, 4.69) is 10.6 Å². The van der Waals surface area contributed by atoms with Gasteiger partial charge in [-0.2, -0.15) is 0 Å². The first-order valence-electron chi connectivity index (χ1n) is 12.4. The fourth-order valence-corrected chi connectivity index (χ4v) is 6.10. The SMILES string of the molecule is CC1=C(C(=O)O)N2C(=O)C(NC(=O)Cc3ccccc3NC(=O)N3CCN(C(=O)c4ccccc4)C3=O)[C@H]2SC1. The number of benzene rings is 2. The molecular formula is C27H25N5O7S. The molecule has 0 saturated carbocycles. The number of nitrogens with zero attached hydrogens (tertiary/aromatic N) is 3. The van der Waals surface area contributed by atoms with Crippen molar-refractivity contribution in [2.75, 3.05) is 24.2 Å². The minimum absolute atomic E-state index is 0.0114. The third-order valence-electron chi connectivity index (χ3n) is 6.81. The highest BCUT2D eigenvalue weighted by molar-refractivity contribution is 8.00. The molecule has 3 aliphatic heterocycles. The topological polar surface area (TPSA) is 156 Å². The Bertz CT molecular complexity index is 1460. The highest BCUT2D eigenvalue weighted by Crippen LogP contribution is 2.40. The molecule has 0 aromatic heterocycles. The zero-order valence-corrected chi connectivity index (χ0v) is 22.1. The van der Waals surface area contributed by atoms with Gasteiger partial charge in [0.25, 0.3) is 11.8 Å². The number of fused-ring (bicyclic) bond motifs is 1. The number of β-lactam (4-membered cyclic amide) rings is 1. The number of rotatable bonds is 6. The maximum absolute atomic E-state index is 13.0. The van der Waals surface area contributed by atoms with Crippen molar-refractivity contribution in [3.05, 3.63) is 77.0 Å². The maximum Gasteiger partial charge on any atom is 0.352 e. The predicted octanol–water partition coefficient (Wildman–Crippen LogP) is 2.10. The molecular weight excluding hydrogens is 538 g/mol. The van der Waals surface area contributed by atoms with Crippen LogP contribution in [0.15, 0.2) is 65.9 Å². The molecule has 5 rings (SSSR count). The third-order valence-corrected chi connectivity index (χ3v) is 8.23. The van der Waals surface area contributed by atoms with E-state index in [4.69, 9.17) is 0 Å². The summed E-state index contributed by atoms with van der Waals surface area (Å²) < 4.78 is 0. The van der Waals surface area contributed by atoms with Crippen molar-refractivity contribution in [1.82, 2.24) is 20.0 Å². The zero-order chi connectivity index (χ0) is 28.6. The van der Waals surface area contributed by atoms with Crippen molar-refractivity contribution in [3.8, 4) is 0 Å². The van der Waals surface area contributed by atoms with Crippen molar-refractivity contribution >= 4 is 53.2 Å². The first-order chi connectivity index (χ1) is 19.2. The lowest BCUT2D eigenvalue weighted by atomic mass is 10.0. The second-order valence-electron chi connectivity index (χ2n) is 9.41. The van der Waals surface area contributed by atoms with E-state index in [1.54, 1.807) is 61.5 Å². The molecule has 2 atom stereocenters. The van der Waals surface area contributed by atoms with E-state index in [9.17, 15) is 33.9 Å². The second-order valence-corrected chi connectivity index (χ2v) is 10.5. The van der Waals surface area contributed by atoms with Gasteiger partial charge in [0.05, 0.1) is 13.0 Å². The van der Waals surface area contributed by atoms with Crippen LogP contribution < -0.4 is 10.6 Å². The summed E-state index contributed by atoms with van der Waals surface area (Å²) in [5.41, 5.74) is 1.61. The molecule has 0 spiro atoms. The van der Waals surface area contributed by atoms with Gasteiger partial charge in [0.1, 0.15) is 17.1 Å². The summed E-state index contributed by atoms with van der Waals surface area (Å²) in [5.74, 6) is -2.23. The Hall–Kier alpha value is -4.65. The first-order valence-corrected chi connectivity index (χ1v) is 13.5. The van der Waals surface area contributed by atoms with Crippen LogP contribution in [0, 0.1) is 0 Å². The van der Waals surface area contributed by atoms with Crippen LogP contribution in [0.5, 0.6) is 0 Å². The standard InChI is InChI=1S/C27H25N5O7S/c1-15-14-40-24-20(23(35)32(24)21(15)25(36)37)29-19(33)13-17-9-5-6-10-18(17)28-26(38)31-12-11-30(27(31)39)22(34)16-7-3-2-4-8-16/h2-10,20,24H,11-14H2,1H3,(H,28,38)(H,29,33)(H,36,37)/t20?,24-/m1/s1. The van der Waals surface area contributed by atoms with Crippen molar-refractivity contribution in [1.29, 1.82) is 0 Å². The fourth-order valence-electron chi connectivity index (χ4n) is 4.80. The highest BCUT2D eigenvalue weighted by atomic mass is 32.2. The van der Waals surface area contributed by atoms with Gasteiger partial charge in [-0.05, 0) is 36.3 Å². The van der Waals surface area contributed by atoms with E-state index >= 15 is 0 Å². The molecule has 1 unspecified atom stereocenters. The van der Waals surface area contributed by atoms with Crippen molar-refractivity contribution in [2.24, 2.45) is 0 Å². The summed E-state index contributed by atoms with van der Waals surface area (Å²) in [7, 11) is 0. The molecule has 2 aromatic rings. The van der Waals surface area contributed by atoms with Gasteiger partial charge in [0.15, 0.2) is 0 Å². The summed E-state index contributed by atoms with van der Waals surface area (Å²) in [6.45, 7) is 1.72. The average molecular weight is 564 g/mol. The summed E-state index contributed by atoms with van der Waals surface area (Å²) in [6.07, 6.45) is -0.176. The maximum atomic E-state index is 13.0. The lowest BCUT2D eigenvalue weighted by molar-refractivity contribution is -0.150. The van der Waals surface area contributed by atoms with Crippen LogP contribution in [0.2, 0.25) is 0 Å². The first kappa shape index (κ1) is 26.9. The molecule has 2 saturated heterocycles. The van der Waals surface area contributed by atoms with Gasteiger partial charge in [-0.25, -0.2) is 19.3 Å². The Balaban J connectivity index is 1.21. The van der Waals surface area contributed by atoms with Gasteiger partial charge in [-0.1, -0.05) is 36.4 Å². The van der Waals surface area contributed by atoms with Crippen molar-refractivity contribution in [3.63, 3.8) is 0 Å². The second kappa shape index (κ2) is 10.8. The number of amides is 7. The van der Waals surface area contributed by atoms with Crippen LogP contribution in [0.4, 0.5) is 15.3 Å². The van der Waals surface area contributed by atoms with E-state index in [0.29, 0.717) is 28.1 Å². The highest BCUT2D eigenvalue weighted by Gasteiger charge is 2.53. The minimum atomic E-state index is -1.19. The van der Waals surface area contributed by atoms with Crippen LogP contribution in [-0.2, 0) is 20.8 Å². The fraction of sp³-hybridized carbons (Fsp3) is 0.259. The normalized spacial score (nSPS) is 20.2. The minimum Gasteiger partial charge on any atom is -0.477 e. The number of para-hydroxylation sites is 1. The van der Waals surface area contributed by atoms with Crippen molar-refractivity contribution in [2.45, 2.75) is 24.8 Å². The Morgan fingerprint density at radius 3 is 2.38 bits per heavy atom.